The van der Waals surface area contributed by atoms with Crippen LogP contribution >= 0.6 is 0 Å². The molecule has 0 N–H and O–H groups in total. The minimum Gasteiger partial charge on any atom is -0.491 e. The van der Waals surface area contributed by atoms with Crippen molar-refractivity contribution in [2.45, 2.75) is 6.92 Å². The zero-order valence-electron chi connectivity index (χ0n) is 18.2. The molecule has 5 nitrogen and oxygen atoms in total. The van der Waals surface area contributed by atoms with Crippen LogP contribution in [-0.4, -0.2) is 51.3 Å². The molecule has 5 heteroatoms. The summed E-state index contributed by atoms with van der Waals surface area (Å²) in [5.74, 6) is 0.834. The lowest BCUT2D eigenvalue weighted by atomic mass is 10.1. The maximum atomic E-state index is 5.82. The maximum Gasteiger partial charge on any atom is 0.119 e. The topological polar surface area (TPSA) is 41.9 Å². The molecule has 0 radical (unpaired) electrons. The predicted molar refractivity (Wildman–Crippen MR) is 125 cm³/mol. The number of aromatic nitrogens is 1. The highest BCUT2D eigenvalue weighted by Crippen LogP contribution is 2.32. The molecule has 0 aliphatic heterocycles. The molecular weight excluding hydrogens is 390 g/mol. The molecule has 0 aliphatic rings. The SMILES string of the molecule is COCCOCCOCCOc1ccc(-n2c3ccccc3c3cc(C)ccc32)cc1. The van der Waals surface area contributed by atoms with Crippen LogP contribution in [0.5, 0.6) is 5.75 Å². The second-order valence-electron chi connectivity index (χ2n) is 7.43. The van der Waals surface area contributed by atoms with E-state index >= 15 is 0 Å². The van der Waals surface area contributed by atoms with Crippen LogP contribution in [0, 0.1) is 6.92 Å². The van der Waals surface area contributed by atoms with E-state index in [-0.39, 0.29) is 0 Å². The first-order chi connectivity index (χ1) is 15.3. The summed E-state index contributed by atoms with van der Waals surface area (Å²) in [6, 6.07) is 23.4. The summed E-state index contributed by atoms with van der Waals surface area (Å²) in [6.07, 6.45) is 0. The molecule has 0 saturated heterocycles. The number of para-hydroxylation sites is 1. The molecule has 0 unspecified atom stereocenters. The number of hydrogen-bond donors (Lipinski definition) is 0. The van der Waals surface area contributed by atoms with Gasteiger partial charge >= 0.3 is 0 Å². The van der Waals surface area contributed by atoms with Crippen molar-refractivity contribution in [1.82, 2.24) is 4.57 Å². The minimum absolute atomic E-state index is 0.506. The van der Waals surface area contributed by atoms with Gasteiger partial charge in [-0.15, -0.1) is 0 Å². The smallest absolute Gasteiger partial charge is 0.119 e. The summed E-state index contributed by atoms with van der Waals surface area (Å²) < 4.78 is 23.9. The van der Waals surface area contributed by atoms with Crippen molar-refractivity contribution in [2.24, 2.45) is 0 Å². The Kier molecular flexibility index (Phi) is 7.20. The van der Waals surface area contributed by atoms with Crippen LogP contribution in [0.25, 0.3) is 27.5 Å². The van der Waals surface area contributed by atoms with E-state index in [2.05, 4.69) is 66.1 Å². The third-order valence-corrected chi connectivity index (χ3v) is 5.22. The largest absolute Gasteiger partial charge is 0.491 e. The van der Waals surface area contributed by atoms with E-state index in [0.29, 0.717) is 39.6 Å². The lowest BCUT2D eigenvalue weighted by Gasteiger charge is -2.11. The molecule has 31 heavy (non-hydrogen) atoms. The fraction of sp³-hybridized carbons (Fsp3) is 0.308. The minimum atomic E-state index is 0.506. The van der Waals surface area contributed by atoms with Crippen LogP contribution in [-0.2, 0) is 14.2 Å². The Hall–Kier alpha value is -2.86. The first-order valence-electron chi connectivity index (χ1n) is 10.7. The zero-order chi connectivity index (χ0) is 21.5. The lowest BCUT2D eigenvalue weighted by Crippen LogP contribution is -2.12. The maximum absolute atomic E-state index is 5.82. The number of methoxy groups -OCH3 is 1. The van der Waals surface area contributed by atoms with Gasteiger partial charge in [0.25, 0.3) is 0 Å². The van der Waals surface area contributed by atoms with Crippen molar-refractivity contribution in [3.8, 4) is 11.4 Å². The molecule has 0 amide bonds. The highest BCUT2D eigenvalue weighted by Gasteiger charge is 2.11. The normalized spacial score (nSPS) is 11.4. The van der Waals surface area contributed by atoms with Gasteiger partial charge in [-0.1, -0.05) is 29.8 Å². The van der Waals surface area contributed by atoms with Gasteiger partial charge in [0.1, 0.15) is 12.4 Å². The van der Waals surface area contributed by atoms with E-state index in [9.17, 15) is 0 Å². The number of benzene rings is 3. The highest BCUT2D eigenvalue weighted by molar-refractivity contribution is 6.09. The summed E-state index contributed by atoms with van der Waals surface area (Å²) >= 11 is 0. The van der Waals surface area contributed by atoms with E-state index in [1.807, 2.05) is 12.1 Å². The van der Waals surface area contributed by atoms with Crippen LogP contribution in [0.4, 0.5) is 0 Å². The van der Waals surface area contributed by atoms with Crippen molar-refractivity contribution in [2.75, 3.05) is 46.8 Å². The van der Waals surface area contributed by atoms with E-state index in [1.165, 1.54) is 27.4 Å². The molecule has 0 fully saturated rings. The van der Waals surface area contributed by atoms with Gasteiger partial charge in [0.05, 0.1) is 44.1 Å². The molecule has 1 heterocycles. The van der Waals surface area contributed by atoms with Crippen molar-refractivity contribution in [3.63, 3.8) is 0 Å². The average Bonchev–Trinajstić information content (AvgIpc) is 3.12. The summed E-state index contributed by atoms with van der Waals surface area (Å²) in [6.45, 7) is 5.49. The van der Waals surface area contributed by atoms with Crippen LogP contribution in [0.15, 0.2) is 66.7 Å². The van der Waals surface area contributed by atoms with Gasteiger partial charge in [-0.25, -0.2) is 0 Å². The van der Waals surface area contributed by atoms with E-state index in [1.54, 1.807) is 7.11 Å². The zero-order valence-corrected chi connectivity index (χ0v) is 18.2. The standard InChI is InChI=1S/C26H29NO4/c1-20-7-12-26-24(19-20)23-5-3-4-6-25(23)27(26)21-8-10-22(11-9-21)31-18-17-30-16-15-29-14-13-28-2/h3-12,19H,13-18H2,1-2H3. The Morgan fingerprint density at radius 2 is 1.35 bits per heavy atom. The molecule has 0 saturated carbocycles. The molecule has 4 aromatic rings. The molecule has 0 spiro atoms. The predicted octanol–water partition coefficient (Wildman–Crippen LogP) is 5.15. The van der Waals surface area contributed by atoms with Crippen LogP contribution < -0.4 is 4.74 Å². The Morgan fingerprint density at radius 3 is 2.13 bits per heavy atom. The Bertz CT molecular complexity index is 1120. The van der Waals surface area contributed by atoms with E-state index < -0.39 is 0 Å². The first kappa shape index (κ1) is 21.4. The Balaban J connectivity index is 1.39. The number of ether oxygens (including phenoxy) is 4. The number of aryl methyl sites for hydroxylation is 1. The quantitative estimate of drug-likeness (QED) is 0.315. The first-order valence-corrected chi connectivity index (χ1v) is 10.7. The third kappa shape index (κ3) is 5.07. The second kappa shape index (κ2) is 10.4. The van der Waals surface area contributed by atoms with Crippen LogP contribution in [0.1, 0.15) is 5.56 Å². The van der Waals surface area contributed by atoms with Crippen molar-refractivity contribution < 1.29 is 18.9 Å². The Morgan fingerprint density at radius 1 is 0.677 bits per heavy atom. The number of rotatable bonds is 11. The van der Waals surface area contributed by atoms with Gasteiger partial charge < -0.3 is 23.5 Å². The molecule has 0 atom stereocenters. The Labute approximate surface area is 183 Å². The van der Waals surface area contributed by atoms with Gasteiger partial charge in [-0.05, 0) is 49.4 Å². The number of nitrogens with zero attached hydrogens (tertiary/aromatic N) is 1. The summed E-state index contributed by atoms with van der Waals surface area (Å²) in [5.41, 5.74) is 4.80. The summed E-state index contributed by atoms with van der Waals surface area (Å²) in [5, 5.41) is 2.55. The molecule has 3 aromatic carbocycles. The monoisotopic (exact) mass is 419 g/mol. The van der Waals surface area contributed by atoms with Gasteiger partial charge in [-0.3, -0.25) is 0 Å². The molecule has 4 rings (SSSR count). The fourth-order valence-electron chi connectivity index (χ4n) is 3.74. The number of hydrogen-bond acceptors (Lipinski definition) is 4. The van der Waals surface area contributed by atoms with E-state index in [0.717, 1.165) is 11.4 Å². The second-order valence-corrected chi connectivity index (χ2v) is 7.43. The summed E-state index contributed by atoms with van der Waals surface area (Å²) in [4.78, 5) is 0. The van der Waals surface area contributed by atoms with Gasteiger partial charge in [0, 0.05) is 23.6 Å². The van der Waals surface area contributed by atoms with Gasteiger partial charge in [-0.2, -0.15) is 0 Å². The summed E-state index contributed by atoms with van der Waals surface area (Å²) in [7, 11) is 1.66. The van der Waals surface area contributed by atoms with E-state index in [4.69, 9.17) is 18.9 Å². The average molecular weight is 420 g/mol. The lowest BCUT2D eigenvalue weighted by molar-refractivity contribution is 0.0180. The highest BCUT2D eigenvalue weighted by atomic mass is 16.6. The molecule has 162 valence electrons. The molecule has 0 aliphatic carbocycles. The van der Waals surface area contributed by atoms with Crippen molar-refractivity contribution >= 4 is 21.8 Å². The van der Waals surface area contributed by atoms with Crippen molar-refractivity contribution in [1.29, 1.82) is 0 Å². The molecular formula is C26H29NO4. The number of fused-ring (bicyclic) bond motifs is 3. The fourth-order valence-corrected chi connectivity index (χ4v) is 3.74. The van der Waals surface area contributed by atoms with Gasteiger partial charge in [0.2, 0.25) is 0 Å². The molecule has 1 aromatic heterocycles. The molecule has 0 bridgehead atoms. The van der Waals surface area contributed by atoms with Gasteiger partial charge in [0.15, 0.2) is 0 Å². The van der Waals surface area contributed by atoms with Crippen LogP contribution in [0.3, 0.4) is 0 Å². The third-order valence-electron chi connectivity index (χ3n) is 5.22. The van der Waals surface area contributed by atoms with Crippen LogP contribution in [0.2, 0.25) is 0 Å². The van der Waals surface area contributed by atoms with Crippen molar-refractivity contribution in [3.05, 3.63) is 72.3 Å².